The summed E-state index contributed by atoms with van der Waals surface area (Å²) in [5, 5.41) is 10.7. The first-order chi connectivity index (χ1) is 13.1. The number of hydrazine groups is 1. The molecule has 0 radical (unpaired) electrons. The molecule has 0 atom stereocenters. The molecule has 2 rings (SSSR count). The van der Waals surface area contributed by atoms with Crippen molar-refractivity contribution in [1.82, 2.24) is 15.8 Å². The van der Waals surface area contributed by atoms with Gasteiger partial charge in [-0.2, -0.15) is 26.3 Å². The van der Waals surface area contributed by atoms with Gasteiger partial charge in [-0.05, 0) is 19.4 Å². The maximum Gasteiger partial charge on any atom is 0.411 e. The van der Waals surface area contributed by atoms with Crippen molar-refractivity contribution in [1.29, 1.82) is 0 Å². The van der Waals surface area contributed by atoms with Gasteiger partial charge in [-0.15, -0.1) is 0 Å². The van der Waals surface area contributed by atoms with Crippen LogP contribution in [0.1, 0.15) is 20.3 Å². The van der Waals surface area contributed by atoms with Gasteiger partial charge < -0.3 is 15.8 Å². The summed E-state index contributed by atoms with van der Waals surface area (Å²) in [6, 6.07) is 0. The number of carboxylic acid groups (broad SMARTS) is 1. The number of ketones is 1. The predicted molar refractivity (Wildman–Crippen MR) is 84.6 cm³/mol. The lowest BCUT2D eigenvalue weighted by molar-refractivity contribution is -0.292. The average Bonchev–Trinajstić information content (AvgIpc) is 3.05. The Bertz CT molecular complexity index is 863. The van der Waals surface area contributed by atoms with E-state index in [1.807, 2.05) is 0 Å². The number of rotatable bonds is 6. The van der Waals surface area contributed by atoms with Crippen molar-refractivity contribution in [3.63, 3.8) is 0 Å². The first kappa shape index (κ1) is 22.3. The number of carbonyl (C=O) groups excluding carboxylic acids is 2. The fourth-order valence-corrected chi connectivity index (χ4v) is 2.55. The number of nitrogens with zero attached hydrogens (tertiary/aromatic N) is 1. The smallest absolute Gasteiger partial charge is 0.411 e. The molecule has 0 saturated carbocycles. The topological polar surface area (TPSA) is 98.7 Å². The van der Waals surface area contributed by atoms with E-state index in [4.69, 9.17) is 5.11 Å². The van der Waals surface area contributed by atoms with Crippen LogP contribution in [-0.4, -0.2) is 52.1 Å². The van der Waals surface area contributed by atoms with Crippen molar-refractivity contribution >= 4 is 17.7 Å². The minimum Gasteiger partial charge on any atom is -0.477 e. The Morgan fingerprint density at radius 3 is 2.28 bits per heavy atom. The Kier molecular flexibility index (Phi) is 5.47. The number of carboxylic acids is 1. The Balaban J connectivity index is 2.14. The van der Waals surface area contributed by atoms with Crippen LogP contribution in [0.3, 0.4) is 0 Å². The van der Waals surface area contributed by atoms with Gasteiger partial charge in [0.15, 0.2) is 5.78 Å². The highest BCUT2D eigenvalue weighted by atomic mass is 19.3. The zero-order chi connectivity index (χ0) is 22.4. The van der Waals surface area contributed by atoms with E-state index in [9.17, 15) is 40.7 Å². The monoisotopic (exact) mass is 427 g/mol. The van der Waals surface area contributed by atoms with Gasteiger partial charge in [0.05, 0.1) is 17.9 Å². The number of aliphatic carboxylic acids is 1. The summed E-state index contributed by atoms with van der Waals surface area (Å²) in [5.41, 5.74) is 3.87. The molecule has 1 amide bonds. The number of amides is 1. The van der Waals surface area contributed by atoms with Crippen LogP contribution in [0.25, 0.3) is 0 Å². The van der Waals surface area contributed by atoms with Crippen molar-refractivity contribution < 1.29 is 45.8 Å². The van der Waals surface area contributed by atoms with E-state index in [0.717, 1.165) is 11.8 Å². The number of hydrogen-bond acceptors (Lipinski definition) is 5. The Labute approximate surface area is 159 Å². The fraction of sp³-hybridized carbons (Fsp3) is 0.438. The molecule has 160 valence electrons. The number of allylic oxidation sites excluding steroid dienone is 3. The van der Waals surface area contributed by atoms with E-state index in [2.05, 4.69) is 5.43 Å². The van der Waals surface area contributed by atoms with Gasteiger partial charge in [0.25, 0.3) is 0 Å². The first-order valence-electron chi connectivity index (χ1n) is 7.95. The van der Waals surface area contributed by atoms with Crippen LogP contribution in [0.15, 0.2) is 34.8 Å². The third kappa shape index (κ3) is 3.68. The fourth-order valence-electron chi connectivity index (χ4n) is 2.55. The van der Waals surface area contributed by atoms with Crippen molar-refractivity contribution in [2.24, 2.45) is 0 Å². The molecule has 0 unspecified atom stereocenters. The molecule has 0 fully saturated rings. The summed E-state index contributed by atoms with van der Waals surface area (Å²) in [6.07, 6.45) is 2.37. The number of hydrogen-bond donors (Lipinski definition) is 3. The summed E-state index contributed by atoms with van der Waals surface area (Å²) in [7, 11) is 0. The van der Waals surface area contributed by atoms with Gasteiger partial charge in [0, 0.05) is 18.7 Å². The second-order valence-electron chi connectivity index (χ2n) is 6.45. The van der Waals surface area contributed by atoms with Crippen LogP contribution in [0, 0.1) is 0 Å². The third-order valence-corrected chi connectivity index (χ3v) is 4.39. The quantitative estimate of drug-likeness (QED) is 0.561. The van der Waals surface area contributed by atoms with Gasteiger partial charge in [0.2, 0.25) is 0 Å². The Morgan fingerprint density at radius 2 is 1.72 bits per heavy atom. The highest BCUT2D eigenvalue weighted by molar-refractivity contribution is 5.94. The maximum atomic E-state index is 13.7. The van der Waals surface area contributed by atoms with E-state index < -0.39 is 35.3 Å². The van der Waals surface area contributed by atoms with Crippen LogP contribution < -0.4 is 10.7 Å². The zero-order valence-corrected chi connectivity index (χ0v) is 15.0. The molecule has 1 heterocycles. The van der Waals surface area contributed by atoms with Gasteiger partial charge in [-0.3, -0.25) is 14.6 Å². The highest BCUT2D eigenvalue weighted by Crippen LogP contribution is 2.46. The predicted octanol–water partition coefficient (Wildman–Crippen LogP) is 1.95. The van der Waals surface area contributed by atoms with E-state index in [1.165, 1.54) is 16.4 Å². The lowest BCUT2D eigenvalue weighted by Gasteiger charge is -2.29. The third-order valence-electron chi connectivity index (χ3n) is 4.39. The average molecular weight is 427 g/mol. The summed E-state index contributed by atoms with van der Waals surface area (Å²) < 4.78 is 80.3. The van der Waals surface area contributed by atoms with Gasteiger partial charge >= 0.3 is 29.6 Å². The van der Waals surface area contributed by atoms with E-state index in [1.54, 1.807) is 13.8 Å². The maximum absolute atomic E-state index is 13.7. The highest BCUT2D eigenvalue weighted by Gasteiger charge is 2.78. The summed E-state index contributed by atoms with van der Waals surface area (Å²) in [6.45, 7) is 3.00. The molecule has 2 aliphatic rings. The molecule has 1 aliphatic carbocycles. The summed E-state index contributed by atoms with van der Waals surface area (Å²) in [5.74, 6) is -25.3. The molecule has 3 N–H and O–H groups in total. The largest absolute Gasteiger partial charge is 0.477 e. The molecule has 0 bridgehead atoms. The number of alkyl halides is 6. The lowest BCUT2D eigenvalue weighted by atomic mass is 9.96. The van der Waals surface area contributed by atoms with Crippen LogP contribution in [0.4, 0.5) is 26.3 Å². The van der Waals surface area contributed by atoms with Crippen molar-refractivity contribution in [3.8, 4) is 0 Å². The molecule has 7 nitrogen and oxygen atoms in total. The molecule has 29 heavy (non-hydrogen) atoms. The van der Waals surface area contributed by atoms with E-state index in [0.29, 0.717) is 11.3 Å². The lowest BCUT2D eigenvalue weighted by Crippen LogP contribution is -2.63. The first-order valence-corrected chi connectivity index (χ1v) is 7.95. The number of halogens is 6. The van der Waals surface area contributed by atoms with E-state index >= 15 is 0 Å². The minimum absolute atomic E-state index is 0.180. The molecule has 0 saturated heterocycles. The van der Waals surface area contributed by atoms with Crippen LogP contribution in [0.2, 0.25) is 0 Å². The summed E-state index contributed by atoms with van der Waals surface area (Å²) in [4.78, 5) is 33.5. The molecular formula is C16H15F6N3O4. The number of carbonyl (C=O) groups is 3. The minimum atomic E-state index is -6.49. The van der Waals surface area contributed by atoms with Crippen molar-refractivity contribution in [2.45, 2.75) is 38.0 Å². The molecule has 0 aromatic heterocycles. The molecule has 0 spiro atoms. The summed E-state index contributed by atoms with van der Waals surface area (Å²) >= 11 is 0. The van der Waals surface area contributed by atoms with Gasteiger partial charge in [-0.1, -0.05) is 5.57 Å². The van der Waals surface area contributed by atoms with Crippen LogP contribution in [0.5, 0.6) is 0 Å². The Morgan fingerprint density at radius 1 is 1.14 bits per heavy atom. The second-order valence-corrected chi connectivity index (χ2v) is 6.45. The Hall–Kier alpha value is -2.99. The number of nitrogens with one attached hydrogen (secondary N) is 2. The van der Waals surface area contributed by atoms with Crippen molar-refractivity contribution in [3.05, 3.63) is 34.8 Å². The second kappa shape index (κ2) is 7.12. The molecule has 0 aromatic rings. The molecule has 13 heteroatoms. The zero-order valence-electron chi connectivity index (χ0n) is 15.0. The van der Waals surface area contributed by atoms with Gasteiger partial charge in [0.1, 0.15) is 0 Å². The van der Waals surface area contributed by atoms with Crippen molar-refractivity contribution in [2.75, 3.05) is 6.54 Å². The normalized spacial score (nSPS) is 18.3. The standard InChI is InChI=1S/C16H15F6N3O4/c1-7-3-10(26)4-11(8(7)2)25-6-9(5-23-25)24-12(27)14(17,18)16(21,22)15(19,20)13(28)29/h4-5,23H,3,6H2,1-2H3,(H,24,27)(H,28,29). The van der Waals surface area contributed by atoms with Gasteiger partial charge in [-0.25, -0.2) is 4.79 Å². The molecular weight excluding hydrogens is 412 g/mol. The van der Waals surface area contributed by atoms with Crippen LogP contribution in [-0.2, 0) is 14.4 Å². The molecule has 1 aliphatic heterocycles. The SMILES string of the molecule is CC1=C(C)C(N2CC(NC(=O)C(F)(F)C(F)(F)C(F)(F)C(=O)O)=CN2)=CC(=O)C1. The van der Waals surface area contributed by atoms with Crippen LogP contribution >= 0.6 is 0 Å². The van der Waals surface area contributed by atoms with E-state index in [-0.39, 0.29) is 18.7 Å². The molecule has 0 aromatic carbocycles.